The molecule has 0 amide bonds. The Kier molecular flexibility index (Phi) is 3.20. The fraction of sp³-hybridized carbons (Fsp3) is 0.214. The summed E-state index contributed by atoms with van der Waals surface area (Å²) in [4.78, 5) is 4.14. The first-order valence-corrected chi connectivity index (χ1v) is 5.40. The molecule has 1 aromatic carbocycles. The van der Waals surface area contributed by atoms with Crippen LogP contribution in [0.5, 0.6) is 5.88 Å². The molecule has 1 aromatic heterocycles. The Balaban J connectivity index is 2.12. The molecule has 0 radical (unpaired) electrons. The summed E-state index contributed by atoms with van der Waals surface area (Å²) in [5.74, 6) is 0.663. The molecule has 16 heavy (non-hydrogen) atoms. The number of nitrogens with zero attached hydrogens (tertiary/aromatic N) is 1. The fourth-order valence-electron chi connectivity index (χ4n) is 1.59. The zero-order valence-corrected chi connectivity index (χ0v) is 9.55. The van der Waals surface area contributed by atoms with Gasteiger partial charge in [-0.25, -0.2) is 4.98 Å². The number of aromatic nitrogens is 1. The summed E-state index contributed by atoms with van der Waals surface area (Å²) in [6.07, 6.45) is 1.76. The van der Waals surface area contributed by atoms with Gasteiger partial charge in [0.05, 0.1) is 0 Å². The molecule has 0 N–H and O–H groups in total. The zero-order valence-electron chi connectivity index (χ0n) is 9.55. The van der Waals surface area contributed by atoms with Crippen molar-refractivity contribution in [3.05, 3.63) is 59.8 Å². The van der Waals surface area contributed by atoms with Crippen LogP contribution in [-0.4, -0.2) is 4.98 Å². The summed E-state index contributed by atoms with van der Waals surface area (Å²) < 4.78 is 5.74. The highest BCUT2D eigenvalue weighted by molar-refractivity contribution is 5.24. The smallest absolute Gasteiger partial charge is 0.213 e. The third kappa shape index (κ3) is 2.60. The molecule has 1 atom stereocenters. The highest BCUT2D eigenvalue weighted by Gasteiger charge is 2.07. The van der Waals surface area contributed by atoms with Gasteiger partial charge >= 0.3 is 0 Å². The monoisotopic (exact) mass is 213 g/mol. The van der Waals surface area contributed by atoms with E-state index in [-0.39, 0.29) is 6.10 Å². The molecule has 2 aromatic rings. The summed E-state index contributed by atoms with van der Waals surface area (Å²) in [6.45, 7) is 4.11. The van der Waals surface area contributed by atoms with E-state index in [2.05, 4.69) is 30.1 Å². The standard InChI is InChI=1S/C14H15NO/c1-11-6-5-7-13(10-11)12(2)16-14-8-3-4-9-15-14/h3-10,12H,1-2H3. The molecule has 0 bridgehead atoms. The number of aryl methyl sites for hydroxylation is 1. The van der Waals surface area contributed by atoms with E-state index in [1.165, 1.54) is 11.1 Å². The van der Waals surface area contributed by atoms with Crippen LogP contribution in [0.25, 0.3) is 0 Å². The number of benzene rings is 1. The van der Waals surface area contributed by atoms with Gasteiger partial charge in [-0.3, -0.25) is 0 Å². The topological polar surface area (TPSA) is 22.1 Å². The third-order valence-corrected chi connectivity index (χ3v) is 2.45. The first kappa shape index (κ1) is 10.7. The molecule has 82 valence electrons. The number of ether oxygens (including phenoxy) is 1. The molecule has 2 rings (SSSR count). The summed E-state index contributed by atoms with van der Waals surface area (Å²) in [7, 11) is 0. The van der Waals surface area contributed by atoms with Crippen LogP contribution in [0.4, 0.5) is 0 Å². The van der Waals surface area contributed by atoms with Gasteiger partial charge in [0.25, 0.3) is 0 Å². The average molecular weight is 213 g/mol. The van der Waals surface area contributed by atoms with E-state index in [0.29, 0.717) is 5.88 Å². The maximum atomic E-state index is 5.74. The molecule has 1 unspecified atom stereocenters. The van der Waals surface area contributed by atoms with Crippen molar-refractivity contribution in [2.75, 3.05) is 0 Å². The van der Waals surface area contributed by atoms with Crippen LogP contribution in [0.1, 0.15) is 24.2 Å². The molecule has 0 spiro atoms. The molecule has 2 nitrogen and oxygen atoms in total. The van der Waals surface area contributed by atoms with E-state index >= 15 is 0 Å². The molecule has 0 aliphatic rings. The highest BCUT2D eigenvalue weighted by atomic mass is 16.5. The first-order chi connectivity index (χ1) is 7.75. The van der Waals surface area contributed by atoms with Gasteiger partial charge in [-0.2, -0.15) is 0 Å². The molecule has 1 heterocycles. The Morgan fingerprint density at radius 2 is 2.00 bits per heavy atom. The zero-order chi connectivity index (χ0) is 11.4. The second kappa shape index (κ2) is 4.79. The van der Waals surface area contributed by atoms with E-state index in [1.807, 2.05) is 31.2 Å². The van der Waals surface area contributed by atoms with E-state index < -0.39 is 0 Å². The van der Waals surface area contributed by atoms with Crippen molar-refractivity contribution in [1.29, 1.82) is 0 Å². The third-order valence-electron chi connectivity index (χ3n) is 2.45. The van der Waals surface area contributed by atoms with Gasteiger partial charge in [-0.1, -0.05) is 35.9 Å². The molecule has 0 aliphatic carbocycles. The number of hydrogen-bond acceptors (Lipinski definition) is 2. The van der Waals surface area contributed by atoms with E-state index in [4.69, 9.17) is 4.74 Å². The van der Waals surface area contributed by atoms with Gasteiger partial charge in [0.1, 0.15) is 6.10 Å². The minimum atomic E-state index is 0.0230. The summed E-state index contributed by atoms with van der Waals surface area (Å²) in [5, 5.41) is 0. The lowest BCUT2D eigenvalue weighted by Crippen LogP contribution is -2.04. The van der Waals surface area contributed by atoms with Crippen molar-refractivity contribution < 1.29 is 4.74 Å². The molecular formula is C14H15NO. The first-order valence-electron chi connectivity index (χ1n) is 5.40. The molecule has 0 aliphatic heterocycles. The van der Waals surface area contributed by atoms with Crippen LogP contribution in [-0.2, 0) is 0 Å². The lowest BCUT2D eigenvalue weighted by molar-refractivity contribution is 0.217. The maximum Gasteiger partial charge on any atom is 0.213 e. The van der Waals surface area contributed by atoms with Crippen molar-refractivity contribution in [2.45, 2.75) is 20.0 Å². The van der Waals surface area contributed by atoms with Crippen molar-refractivity contribution in [3.63, 3.8) is 0 Å². The molecule has 2 heteroatoms. The van der Waals surface area contributed by atoms with Crippen LogP contribution in [0.15, 0.2) is 48.7 Å². The van der Waals surface area contributed by atoms with E-state index in [0.717, 1.165) is 0 Å². The predicted molar refractivity (Wildman–Crippen MR) is 64.5 cm³/mol. The number of pyridine rings is 1. The maximum absolute atomic E-state index is 5.74. The Hall–Kier alpha value is -1.83. The Morgan fingerprint density at radius 1 is 1.12 bits per heavy atom. The second-order valence-corrected chi connectivity index (χ2v) is 3.84. The van der Waals surface area contributed by atoms with Gasteiger partial charge < -0.3 is 4.74 Å². The van der Waals surface area contributed by atoms with Crippen molar-refractivity contribution in [1.82, 2.24) is 4.98 Å². The van der Waals surface area contributed by atoms with Crippen molar-refractivity contribution >= 4 is 0 Å². The number of hydrogen-bond donors (Lipinski definition) is 0. The van der Waals surface area contributed by atoms with Crippen LogP contribution < -0.4 is 4.74 Å². The summed E-state index contributed by atoms with van der Waals surface area (Å²) >= 11 is 0. The van der Waals surface area contributed by atoms with E-state index in [9.17, 15) is 0 Å². The Labute approximate surface area is 95.9 Å². The Bertz CT molecular complexity index is 453. The lowest BCUT2D eigenvalue weighted by Gasteiger charge is -2.14. The summed E-state index contributed by atoms with van der Waals surface area (Å²) in [6, 6.07) is 14.0. The van der Waals surface area contributed by atoms with Crippen LogP contribution in [0, 0.1) is 6.92 Å². The lowest BCUT2D eigenvalue weighted by atomic mass is 10.1. The van der Waals surface area contributed by atoms with Crippen LogP contribution >= 0.6 is 0 Å². The SMILES string of the molecule is Cc1cccc(C(C)Oc2ccccn2)c1. The van der Waals surface area contributed by atoms with Gasteiger partial charge in [0.2, 0.25) is 5.88 Å². The Morgan fingerprint density at radius 3 is 2.69 bits per heavy atom. The normalized spacial score (nSPS) is 12.1. The average Bonchev–Trinajstić information content (AvgIpc) is 2.30. The van der Waals surface area contributed by atoms with Gasteiger partial charge in [-0.15, -0.1) is 0 Å². The van der Waals surface area contributed by atoms with Gasteiger partial charge in [-0.05, 0) is 25.5 Å². The van der Waals surface area contributed by atoms with Crippen molar-refractivity contribution in [2.24, 2.45) is 0 Å². The van der Waals surface area contributed by atoms with Crippen LogP contribution in [0.3, 0.4) is 0 Å². The van der Waals surface area contributed by atoms with Crippen LogP contribution in [0.2, 0.25) is 0 Å². The fourth-order valence-corrected chi connectivity index (χ4v) is 1.59. The minimum absolute atomic E-state index is 0.0230. The number of rotatable bonds is 3. The van der Waals surface area contributed by atoms with Gasteiger partial charge in [0.15, 0.2) is 0 Å². The van der Waals surface area contributed by atoms with Crippen molar-refractivity contribution in [3.8, 4) is 5.88 Å². The molecular weight excluding hydrogens is 198 g/mol. The van der Waals surface area contributed by atoms with E-state index in [1.54, 1.807) is 6.20 Å². The van der Waals surface area contributed by atoms with Gasteiger partial charge in [0, 0.05) is 12.3 Å². The summed E-state index contributed by atoms with van der Waals surface area (Å²) in [5.41, 5.74) is 2.42. The molecule has 0 saturated carbocycles. The largest absolute Gasteiger partial charge is 0.470 e. The highest BCUT2D eigenvalue weighted by Crippen LogP contribution is 2.20. The minimum Gasteiger partial charge on any atom is -0.470 e. The predicted octanol–water partition coefficient (Wildman–Crippen LogP) is 3.53. The second-order valence-electron chi connectivity index (χ2n) is 3.84. The molecule has 0 fully saturated rings. The molecule has 0 saturated heterocycles. The quantitative estimate of drug-likeness (QED) is 0.778.